The van der Waals surface area contributed by atoms with Crippen LogP contribution < -0.4 is 10.0 Å². The molecule has 6 heteroatoms. The van der Waals surface area contributed by atoms with Crippen LogP contribution >= 0.6 is 11.3 Å². The molecule has 0 aliphatic heterocycles. The molecule has 0 aliphatic rings. The SMILES string of the molecule is CCNCC(C)S(=O)(=O)NC(C)c1ccsc1. The minimum absolute atomic E-state index is 0.171. The highest BCUT2D eigenvalue weighted by Crippen LogP contribution is 2.17. The largest absolute Gasteiger partial charge is 0.316 e. The van der Waals surface area contributed by atoms with Crippen LogP contribution in [0.3, 0.4) is 0 Å². The molecule has 1 aromatic rings. The average molecular weight is 276 g/mol. The molecule has 0 spiro atoms. The summed E-state index contributed by atoms with van der Waals surface area (Å²) < 4.78 is 26.7. The van der Waals surface area contributed by atoms with Crippen LogP contribution in [0.1, 0.15) is 32.4 Å². The number of nitrogens with one attached hydrogen (secondary N) is 2. The van der Waals surface area contributed by atoms with Crippen LogP contribution in [0.4, 0.5) is 0 Å². The smallest absolute Gasteiger partial charge is 0.216 e. The maximum absolute atomic E-state index is 12.0. The Morgan fingerprint density at radius 2 is 2.12 bits per heavy atom. The van der Waals surface area contributed by atoms with Gasteiger partial charge in [-0.25, -0.2) is 13.1 Å². The zero-order valence-electron chi connectivity index (χ0n) is 10.4. The van der Waals surface area contributed by atoms with E-state index in [0.717, 1.165) is 12.1 Å². The average Bonchev–Trinajstić information content (AvgIpc) is 2.78. The molecule has 17 heavy (non-hydrogen) atoms. The van der Waals surface area contributed by atoms with E-state index < -0.39 is 15.3 Å². The lowest BCUT2D eigenvalue weighted by Crippen LogP contribution is -2.39. The van der Waals surface area contributed by atoms with E-state index >= 15 is 0 Å². The van der Waals surface area contributed by atoms with Crippen LogP contribution in [0.5, 0.6) is 0 Å². The van der Waals surface area contributed by atoms with Gasteiger partial charge < -0.3 is 5.32 Å². The zero-order valence-corrected chi connectivity index (χ0v) is 12.1. The summed E-state index contributed by atoms with van der Waals surface area (Å²) in [4.78, 5) is 0. The maximum Gasteiger partial charge on any atom is 0.216 e. The van der Waals surface area contributed by atoms with Crippen LogP contribution in [-0.4, -0.2) is 26.8 Å². The molecule has 0 saturated carbocycles. The topological polar surface area (TPSA) is 58.2 Å². The van der Waals surface area contributed by atoms with Gasteiger partial charge in [0, 0.05) is 12.6 Å². The standard InChI is InChI=1S/C11H20N2O2S2/c1-4-12-7-9(2)17(14,15)13-10(3)11-5-6-16-8-11/h5-6,8-10,12-13H,4,7H2,1-3H3. The quantitative estimate of drug-likeness (QED) is 0.797. The fraction of sp³-hybridized carbons (Fsp3) is 0.636. The van der Waals surface area contributed by atoms with Gasteiger partial charge in [-0.1, -0.05) is 6.92 Å². The van der Waals surface area contributed by atoms with Crippen molar-refractivity contribution in [2.45, 2.75) is 32.1 Å². The second-order valence-corrected chi connectivity index (χ2v) is 6.97. The molecule has 4 nitrogen and oxygen atoms in total. The number of rotatable bonds is 7. The Morgan fingerprint density at radius 3 is 2.65 bits per heavy atom. The van der Waals surface area contributed by atoms with Crippen molar-refractivity contribution in [3.63, 3.8) is 0 Å². The molecule has 1 heterocycles. The van der Waals surface area contributed by atoms with Gasteiger partial charge in [-0.15, -0.1) is 0 Å². The molecule has 0 radical (unpaired) electrons. The molecule has 0 bridgehead atoms. The molecule has 0 saturated heterocycles. The Morgan fingerprint density at radius 1 is 1.41 bits per heavy atom. The molecular formula is C11H20N2O2S2. The van der Waals surface area contributed by atoms with Crippen molar-refractivity contribution in [1.82, 2.24) is 10.0 Å². The lowest BCUT2D eigenvalue weighted by molar-refractivity contribution is 0.547. The summed E-state index contributed by atoms with van der Waals surface area (Å²) in [5, 5.41) is 6.52. The van der Waals surface area contributed by atoms with Crippen molar-refractivity contribution < 1.29 is 8.42 Å². The molecule has 0 aliphatic carbocycles. The van der Waals surface area contributed by atoms with Gasteiger partial charge in [0.15, 0.2) is 0 Å². The fourth-order valence-electron chi connectivity index (χ4n) is 1.41. The van der Waals surface area contributed by atoms with Crippen molar-refractivity contribution >= 4 is 21.4 Å². The van der Waals surface area contributed by atoms with Crippen LogP contribution in [0.25, 0.3) is 0 Å². The van der Waals surface area contributed by atoms with Gasteiger partial charge in [0.2, 0.25) is 10.0 Å². The minimum Gasteiger partial charge on any atom is -0.316 e. The maximum atomic E-state index is 12.0. The summed E-state index contributed by atoms with van der Waals surface area (Å²) in [7, 11) is -3.27. The molecule has 0 fully saturated rings. The monoisotopic (exact) mass is 276 g/mol. The van der Waals surface area contributed by atoms with E-state index in [2.05, 4.69) is 10.0 Å². The first kappa shape index (κ1) is 14.6. The van der Waals surface area contributed by atoms with E-state index in [9.17, 15) is 8.42 Å². The van der Waals surface area contributed by atoms with Gasteiger partial charge in [0.25, 0.3) is 0 Å². The Hall–Kier alpha value is -0.430. The lowest BCUT2D eigenvalue weighted by atomic mass is 10.2. The second kappa shape index (κ2) is 6.49. The van der Waals surface area contributed by atoms with E-state index in [-0.39, 0.29) is 6.04 Å². The molecule has 1 aromatic heterocycles. The van der Waals surface area contributed by atoms with Gasteiger partial charge in [-0.2, -0.15) is 11.3 Å². The van der Waals surface area contributed by atoms with E-state index in [1.165, 1.54) is 0 Å². The van der Waals surface area contributed by atoms with E-state index in [1.54, 1.807) is 18.3 Å². The summed E-state index contributed by atoms with van der Waals surface area (Å²) in [6.45, 7) is 6.79. The van der Waals surface area contributed by atoms with Crippen molar-refractivity contribution in [3.8, 4) is 0 Å². The summed E-state index contributed by atoms with van der Waals surface area (Å²) in [5.74, 6) is 0. The van der Waals surface area contributed by atoms with Crippen LogP contribution in [0, 0.1) is 0 Å². The zero-order chi connectivity index (χ0) is 12.9. The second-order valence-electron chi connectivity index (χ2n) is 4.06. The van der Waals surface area contributed by atoms with Crippen LogP contribution in [0.2, 0.25) is 0 Å². The Balaban J connectivity index is 2.60. The summed E-state index contributed by atoms with van der Waals surface area (Å²) in [5.41, 5.74) is 1.01. The number of sulfonamides is 1. The number of thiophene rings is 1. The number of hydrogen-bond donors (Lipinski definition) is 2. The summed E-state index contributed by atoms with van der Waals surface area (Å²) >= 11 is 1.57. The predicted octanol–water partition coefficient (Wildman–Crippen LogP) is 1.73. The van der Waals surface area contributed by atoms with E-state index in [0.29, 0.717) is 6.54 Å². The first-order valence-corrected chi connectivity index (χ1v) is 8.20. The Bertz CT molecular complexity index is 415. The van der Waals surface area contributed by atoms with Gasteiger partial charge in [-0.05, 0) is 42.8 Å². The highest BCUT2D eigenvalue weighted by molar-refractivity contribution is 7.90. The molecule has 2 atom stereocenters. The Kier molecular flexibility index (Phi) is 5.58. The highest BCUT2D eigenvalue weighted by atomic mass is 32.2. The third-order valence-corrected chi connectivity index (χ3v) is 5.21. The number of hydrogen-bond acceptors (Lipinski definition) is 4. The summed E-state index contributed by atoms with van der Waals surface area (Å²) in [6, 6.07) is 1.77. The molecule has 2 unspecified atom stereocenters. The molecule has 0 amide bonds. The lowest BCUT2D eigenvalue weighted by Gasteiger charge is -2.18. The molecule has 1 rings (SSSR count). The third kappa shape index (κ3) is 4.39. The van der Waals surface area contributed by atoms with E-state index in [1.807, 2.05) is 30.7 Å². The van der Waals surface area contributed by atoms with Gasteiger partial charge in [0.05, 0.1) is 5.25 Å². The van der Waals surface area contributed by atoms with E-state index in [4.69, 9.17) is 0 Å². The molecule has 98 valence electrons. The first-order chi connectivity index (χ1) is 7.97. The van der Waals surface area contributed by atoms with Crippen LogP contribution in [0.15, 0.2) is 16.8 Å². The van der Waals surface area contributed by atoms with Gasteiger partial charge in [-0.3, -0.25) is 0 Å². The normalized spacial score (nSPS) is 15.7. The molecular weight excluding hydrogens is 256 g/mol. The predicted molar refractivity (Wildman–Crippen MR) is 72.8 cm³/mol. The highest BCUT2D eigenvalue weighted by Gasteiger charge is 2.22. The molecule has 0 aromatic carbocycles. The van der Waals surface area contributed by atoms with Gasteiger partial charge >= 0.3 is 0 Å². The Labute approximate surface area is 107 Å². The first-order valence-electron chi connectivity index (χ1n) is 5.71. The molecule has 2 N–H and O–H groups in total. The van der Waals surface area contributed by atoms with Gasteiger partial charge in [0.1, 0.15) is 0 Å². The van der Waals surface area contributed by atoms with Crippen LogP contribution in [-0.2, 0) is 10.0 Å². The van der Waals surface area contributed by atoms with Crippen molar-refractivity contribution in [1.29, 1.82) is 0 Å². The van der Waals surface area contributed by atoms with Crippen molar-refractivity contribution in [3.05, 3.63) is 22.4 Å². The van der Waals surface area contributed by atoms with Crippen molar-refractivity contribution in [2.24, 2.45) is 0 Å². The summed E-state index contributed by atoms with van der Waals surface area (Å²) in [6.07, 6.45) is 0. The third-order valence-electron chi connectivity index (χ3n) is 2.60. The minimum atomic E-state index is -3.27. The fourth-order valence-corrected chi connectivity index (χ4v) is 3.36. The van der Waals surface area contributed by atoms with Crippen molar-refractivity contribution in [2.75, 3.05) is 13.1 Å².